The van der Waals surface area contributed by atoms with Gasteiger partial charge in [0.05, 0.1) is 0 Å². The van der Waals surface area contributed by atoms with E-state index in [2.05, 4.69) is 149 Å². The smallest absolute Gasteiger partial charge is 0.0146 e. The van der Waals surface area contributed by atoms with Gasteiger partial charge in [-0.15, -0.1) is 0 Å². The molecule has 0 amide bonds. The van der Waals surface area contributed by atoms with Crippen LogP contribution in [-0.2, 0) is 5.41 Å². The number of aryl methyl sites for hydroxylation is 2. The molecule has 0 fully saturated rings. The first-order valence-corrected chi connectivity index (χ1v) is 11.6. The van der Waals surface area contributed by atoms with E-state index in [9.17, 15) is 0 Å². The molecule has 0 aromatic heterocycles. The molecule has 0 heterocycles. The maximum Gasteiger partial charge on any atom is 0.0146 e. The van der Waals surface area contributed by atoms with Gasteiger partial charge < -0.3 is 0 Å². The van der Waals surface area contributed by atoms with Crippen molar-refractivity contribution in [2.45, 2.75) is 33.1 Å². The van der Waals surface area contributed by atoms with Gasteiger partial charge in [0.15, 0.2) is 0 Å². The topological polar surface area (TPSA) is 0 Å². The van der Waals surface area contributed by atoms with E-state index in [1.54, 1.807) is 0 Å². The monoisotopic (exact) mass is 428 g/mol. The Morgan fingerprint density at radius 3 is 0.909 bits per heavy atom. The van der Waals surface area contributed by atoms with E-state index in [0.29, 0.717) is 0 Å². The van der Waals surface area contributed by atoms with Crippen molar-refractivity contribution in [2.24, 2.45) is 0 Å². The van der Waals surface area contributed by atoms with Crippen LogP contribution in [-0.4, -0.2) is 0 Å². The normalized spacial score (nSPS) is 12.0. The van der Waals surface area contributed by atoms with E-state index in [-0.39, 0.29) is 5.41 Å². The summed E-state index contributed by atoms with van der Waals surface area (Å²) in [5, 5.41) is 0. The summed E-state index contributed by atoms with van der Waals surface area (Å²) in [6.45, 7) is 8.82. The Morgan fingerprint density at radius 2 is 0.636 bits per heavy atom. The minimum absolute atomic E-state index is 0.0571. The molecule has 0 unspecified atom stereocenters. The van der Waals surface area contributed by atoms with Crippen LogP contribution in [0.4, 0.5) is 0 Å². The van der Waals surface area contributed by atoms with E-state index < -0.39 is 0 Å². The van der Waals surface area contributed by atoms with E-state index >= 15 is 0 Å². The Kier molecular flexibility index (Phi) is 6.75. The summed E-state index contributed by atoms with van der Waals surface area (Å²) in [5.41, 5.74) is 10.0. The first-order chi connectivity index (χ1) is 15.9. The number of hydrogen-bond acceptors (Lipinski definition) is 0. The largest absolute Gasteiger partial charge is 0.0587 e. The summed E-state index contributed by atoms with van der Waals surface area (Å²) in [6.07, 6.45) is 8.69. The van der Waals surface area contributed by atoms with Gasteiger partial charge in [0.1, 0.15) is 0 Å². The molecule has 0 N–H and O–H groups in total. The van der Waals surface area contributed by atoms with Crippen LogP contribution >= 0.6 is 0 Å². The van der Waals surface area contributed by atoms with Crippen LogP contribution in [0, 0.1) is 13.8 Å². The maximum atomic E-state index is 2.29. The third-order valence-corrected chi connectivity index (χ3v) is 6.36. The molecule has 0 nitrogen and oxygen atoms in total. The molecule has 0 heteroatoms. The van der Waals surface area contributed by atoms with E-state index in [1.165, 1.54) is 44.5 Å². The fraction of sp³-hybridized carbons (Fsp3) is 0.152. The van der Waals surface area contributed by atoms with E-state index in [4.69, 9.17) is 0 Å². The zero-order valence-corrected chi connectivity index (χ0v) is 20.0. The molecule has 0 bridgehead atoms. The Balaban J connectivity index is 1.45. The van der Waals surface area contributed by atoms with Crippen molar-refractivity contribution in [3.63, 3.8) is 0 Å². The van der Waals surface area contributed by atoms with Gasteiger partial charge in [0, 0.05) is 5.41 Å². The van der Waals surface area contributed by atoms with Crippen LogP contribution in [0.1, 0.15) is 58.4 Å². The highest BCUT2D eigenvalue weighted by Crippen LogP contribution is 2.32. The average molecular weight is 429 g/mol. The quantitative estimate of drug-likeness (QED) is 0.269. The van der Waals surface area contributed by atoms with Crippen LogP contribution in [0.2, 0.25) is 0 Å². The zero-order chi connectivity index (χ0) is 23.3. The van der Waals surface area contributed by atoms with Gasteiger partial charge in [0.2, 0.25) is 0 Å². The molecule has 33 heavy (non-hydrogen) atoms. The molecule has 0 saturated carbocycles. The SMILES string of the molecule is Cc1ccc(C=Cc2ccc(C(C)(C)c3ccc(C=Cc4ccc(C)cc4)cc3)cc2)cc1. The lowest BCUT2D eigenvalue weighted by atomic mass is 9.78. The van der Waals surface area contributed by atoms with Gasteiger partial charge in [-0.3, -0.25) is 0 Å². The maximum absolute atomic E-state index is 2.29. The van der Waals surface area contributed by atoms with Gasteiger partial charge in [-0.2, -0.15) is 0 Å². The number of benzene rings is 4. The zero-order valence-electron chi connectivity index (χ0n) is 20.0. The number of hydrogen-bond donors (Lipinski definition) is 0. The first kappa shape index (κ1) is 22.6. The van der Waals surface area contributed by atoms with Crippen LogP contribution in [0.15, 0.2) is 97.1 Å². The van der Waals surface area contributed by atoms with E-state index in [0.717, 1.165) is 0 Å². The molecule has 0 atom stereocenters. The van der Waals surface area contributed by atoms with Crippen LogP contribution in [0.5, 0.6) is 0 Å². The van der Waals surface area contributed by atoms with Crippen molar-refractivity contribution in [1.82, 2.24) is 0 Å². The van der Waals surface area contributed by atoms with Crippen LogP contribution < -0.4 is 0 Å². The molecule has 4 rings (SSSR count). The highest BCUT2D eigenvalue weighted by atomic mass is 14.3. The van der Waals surface area contributed by atoms with Crippen molar-refractivity contribution >= 4 is 24.3 Å². The summed E-state index contributed by atoms with van der Waals surface area (Å²) < 4.78 is 0. The average Bonchev–Trinajstić information content (AvgIpc) is 2.84. The second-order valence-electron chi connectivity index (χ2n) is 9.36. The Hall–Kier alpha value is -3.64. The predicted octanol–water partition coefficient (Wildman–Crippen LogP) is 8.97. The van der Waals surface area contributed by atoms with Crippen molar-refractivity contribution < 1.29 is 0 Å². The minimum atomic E-state index is -0.0571. The summed E-state index contributed by atoms with van der Waals surface area (Å²) in [7, 11) is 0. The van der Waals surface area contributed by atoms with Gasteiger partial charge in [-0.05, 0) is 47.2 Å². The molecule has 0 aliphatic heterocycles. The first-order valence-electron chi connectivity index (χ1n) is 11.6. The summed E-state index contributed by atoms with van der Waals surface area (Å²) >= 11 is 0. The van der Waals surface area contributed by atoms with Gasteiger partial charge in [-0.1, -0.05) is 146 Å². The lowest BCUT2D eigenvalue weighted by Gasteiger charge is -2.26. The van der Waals surface area contributed by atoms with Gasteiger partial charge >= 0.3 is 0 Å². The predicted molar refractivity (Wildman–Crippen MR) is 145 cm³/mol. The fourth-order valence-corrected chi connectivity index (χ4v) is 3.93. The molecular weight excluding hydrogens is 396 g/mol. The van der Waals surface area contributed by atoms with Gasteiger partial charge in [0.25, 0.3) is 0 Å². The summed E-state index contributed by atoms with van der Waals surface area (Å²) in [4.78, 5) is 0. The molecule has 0 aliphatic carbocycles. The Labute approximate surface area is 199 Å². The minimum Gasteiger partial charge on any atom is -0.0587 e. The third-order valence-electron chi connectivity index (χ3n) is 6.36. The standard InChI is InChI=1S/C33H32/c1-25-5-9-27(10-6-25)13-15-29-17-21-31(22-18-29)33(3,4)32-23-19-30(20-24-32)16-14-28-11-7-26(2)8-12-28/h5-24H,1-4H3. The molecule has 4 aromatic carbocycles. The summed E-state index contributed by atoms with van der Waals surface area (Å²) in [6, 6.07) is 35.0. The fourth-order valence-electron chi connectivity index (χ4n) is 3.93. The molecule has 4 aromatic rings. The molecule has 164 valence electrons. The van der Waals surface area contributed by atoms with Crippen molar-refractivity contribution in [1.29, 1.82) is 0 Å². The molecular formula is C33H32. The second kappa shape index (κ2) is 9.88. The number of rotatable bonds is 6. The molecule has 0 radical (unpaired) electrons. The van der Waals surface area contributed by atoms with Crippen molar-refractivity contribution in [2.75, 3.05) is 0 Å². The highest BCUT2D eigenvalue weighted by Gasteiger charge is 2.22. The van der Waals surface area contributed by atoms with Gasteiger partial charge in [-0.25, -0.2) is 0 Å². The van der Waals surface area contributed by atoms with Crippen molar-refractivity contribution in [3.05, 3.63) is 142 Å². The second-order valence-corrected chi connectivity index (χ2v) is 9.36. The lowest BCUT2D eigenvalue weighted by molar-refractivity contribution is 0.641. The highest BCUT2D eigenvalue weighted by molar-refractivity contribution is 5.71. The Bertz CT molecular complexity index is 1130. The van der Waals surface area contributed by atoms with Crippen molar-refractivity contribution in [3.8, 4) is 0 Å². The van der Waals surface area contributed by atoms with E-state index in [1.807, 2.05) is 0 Å². The molecule has 0 saturated heterocycles. The molecule has 0 aliphatic rings. The lowest BCUT2D eigenvalue weighted by Crippen LogP contribution is -2.18. The third kappa shape index (κ3) is 5.79. The Morgan fingerprint density at radius 1 is 0.394 bits per heavy atom. The van der Waals surface area contributed by atoms with Crippen LogP contribution in [0.25, 0.3) is 24.3 Å². The van der Waals surface area contributed by atoms with Crippen LogP contribution in [0.3, 0.4) is 0 Å². The molecule has 0 spiro atoms. The summed E-state index contributed by atoms with van der Waals surface area (Å²) in [5.74, 6) is 0.